The molecule has 0 aliphatic carbocycles. The van der Waals surface area contributed by atoms with Gasteiger partial charge in [0.05, 0.1) is 9.79 Å². The molecule has 0 spiro atoms. The lowest BCUT2D eigenvalue weighted by Gasteiger charge is -2.37. The average molecular weight is 483 g/mol. The van der Waals surface area contributed by atoms with Crippen molar-refractivity contribution in [2.24, 2.45) is 0 Å². The summed E-state index contributed by atoms with van der Waals surface area (Å²) in [6.07, 6.45) is 1.84. The molecule has 1 N–H and O–H groups in total. The minimum absolute atomic E-state index is 0.0368. The van der Waals surface area contributed by atoms with Gasteiger partial charge in [0.2, 0.25) is 0 Å². The maximum absolute atomic E-state index is 13.0. The topological polar surface area (TPSA) is 123 Å². The first kappa shape index (κ1) is 27.1. The molecule has 1 aromatic carbocycles. The molecule has 1 aromatic rings. The van der Waals surface area contributed by atoms with Gasteiger partial charge >= 0.3 is 0 Å². The van der Waals surface area contributed by atoms with Crippen molar-refractivity contribution in [1.82, 2.24) is 0 Å². The molecule has 10 heteroatoms. The van der Waals surface area contributed by atoms with Crippen LogP contribution in [-0.4, -0.2) is 42.3 Å². The normalized spacial score (nSPS) is 14.8. The molecule has 0 saturated carbocycles. The van der Waals surface area contributed by atoms with Gasteiger partial charge in [-0.2, -0.15) is 8.42 Å². The summed E-state index contributed by atoms with van der Waals surface area (Å²) in [5.41, 5.74) is -3.22. The molecule has 30 heavy (non-hydrogen) atoms. The van der Waals surface area contributed by atoms with Crippen molar-refractivity contribution in [1.29, 1.82) is 0 Å². The SMILES string of the molecule is CC(C)(C)c1c(S(C)(=O)=O)c(C(C)(C)C)c(S(=O)(=O)O)c(C(C)(C)C)c1S(C)(=O)=O. The lowest BCUT2D eigenvalue weighted by atomic mass is 9.75. The summed E-state index contributed by atoms with van der Waals surface area (Å²) in [6, 6.07) is 0. The molecular weight excluding hydrogens is 448 g/mol. The smallest absolute Gasteiger partial charge is 0.282 e. The highest BCUT2D eigenvalue weighted by Gasteiger charge is 2.45. The highest BCUT2D eigenvalue weighted by atomic mass is 32.2. The Labute approximate surface area is 181 Å². The second-order valence-corrected chi connectivity index (χ2v) is 16.1. The van der Waals surface area contributed by atoms with Crippen LogP contribution in [0.5, 0.6) is 0 Å². The molecule has 0 atom stereocenters. The molecule has 0 aliphatic rings. The molecule has 0 saturated heterocycles. The van der Waals surface area contributed by atoms with Crippen molar-refractivity contribution in [2.45, 2.75) is 93.2 Å². The first-order chi connectivity index (χ1) is 12.7. The molecule has 0 amide bonds. The van der Waals surface area contributed by atoms with E-state index in [2.05, 4.69) is 0 Å². The van der Waals surface area contributed by atoms with Gasteiger partial charge in [-0.15, -0.1) is 0 Å². The summed E-state index contributed by atoms with van der Waals surface area (Å²) in [5, 5.41) is 0. The molecule has 174 valence electrons. The summed E-state index contributed by atoms with van der Waals surface area (Å²) in [7, 11) is -13.2. The minimum atomic E-state index is -4.99. The van der Waals surface area contributed by atoms with Crippen LogP contribution in [0.25, 0.3) is 0 Å². The van der Waals surface area contributed by atoms with Gasteiger partial charge in [0.15, 0.2) is 19.7 Å². The zero-order valence-corrected chi connectivity index (χ0v) is 22.1. The highest BCUT2D eigenvalue weighted by molar-refractivity contribution is 7.92. The van der Waals surface area contributed by atoms with Gasteiger partial charge in [-0.25, -0.2) is 16.8 Å². The zero-order valence-electron chi connectivity index (χ0n) is 19.6. The van der Waals surface area contributed by atoms with E-state index in [1.165, 1.54) is 0 Å². The fourth-order valence-corrected chi connectivity index (χ4v) is 8.37. The van der Waals surface area contributed by atoms with E-state index >= 15 is 0 Å². The maximum atomic E-state index is 13.0. The lowest BCUT2D eigenvalue weighted by Crippen LogP contribution is -2.33. The second-order valence-electron chi connectivity index (χ2n) is 10.9. The summed E-state index contributed by atoms with van der Waals surface area (Å²) in [5.74, 6) is 0. The van der Waals surface area contributed by atoms with Crippen molar-refractivity contribution in [2.75, 3.05) is 12.5 Å². The van der Waals surface area contributed by atoms with E-state index in [9.17, 15) is 29.8 Å². The second kappa shape index (κ2) is 7.28. The Balaban J connectivity index is 5.09. The third-order valence-corrected chi connectivity index (χ3v) is 7.84. The van der Waals surface area contributed by atoms with Crippen LogP contribution in [0.2, 0.25) is 0 Å². The van der Waals surface area contributed by atoms with Crippen LogP contribution in [0.1, 0.15) is 79.0 Å². The number of benzene rings is 1. The van der Waals surface area contributed by atoms with E-state index in [-0.39, 0.29) is 26.5 Å². The summed E-state index contributed by atoms with van der Waals surface area (Å²) in [4.78, 5) is -1.36. The first-order valence-electron chi connectivity index (χ1n) is 9.36. The molecule has 0 heterocycles. The van der Waals surface area contributed by atoms with Gasteiger partial charge in [0.1, 0.15) is 4.90 Å². The Morgan fingerprint density at radius 2 is 0.700 bits per heavy atom. The molecule has 7 nitrogen and oxygen atoms in total. The van der Waals surface area contributed by atoms with Crippen LogP contribution in [0.3, 0.4) is 0 Å². The zero-order chi connectivity index (χ0) is 24.5. The standard InChI is InChI=1S/C20H34O7S3/c1-18(2,3)12-15(28(10,21)22)13(19(4,5)6)17(30(25,26)27)14(20(7,8)9)16(12)29(11,23)24/h1-11H3,(H,25,26,27). The van der Waals surface area contributed by atoms with E-state index in [0.717, 1.165) is 12.5 Å². The van der Waals surface area contributed by atoms with E-state index in [1.54, 1.807) is 62.3 Å². The fourth-order valence-electron chi connectivity index (χ4n) is 3.73. The van der Waals surface area contributed by atoms with Crippen LogP contribution in [-0.2, 0) is 46.0 Å². The summed E-state index contributed by atoms with van der Waals surface area (Å²) >= 11 is 0. The van der Waals surface area contributed by atoms with E-state index < -0.39 is 50.9 Å². The Hall–Kier alpha value is -0.970. The lowest BCUT2D eigenvalue weighted by molar-refractivity contribution is 0.449. The number of rotatable bonds is 3. The number of sulfone groups is 2. The van der Waals surface area contributed by atoms with Gasteiger partial charge in [0.25, 0.3) is 10.1 Å². The van der Waals surface area contributed by atoms with Crippen LogP contribution in [0.4, 0.5) is 0 Å². The van der Waals surface area contributed by atoms with Gasteiger partial charge in [0, 0.05) is 12.5 Å². The van der Waals surface area contributed by atoms with Crippen molar-refractivity contribution in [3.8, 4) is 0 Å². The fraction of sp³-hybridized carbons (Fsp3) is 0.700. The third kappa shape index (κ3) is 5.26. The molecule has 0 unspecified atom stereocenters. The predicted octanol–water partition coefficient (Wildman–Crippen LogP) is 3.63. The quantitative estimate of drug-likeness (QED) is 0.653. The monoisotopic (exact) mass is 482 g/mol. The van der Waals surface area contributed by atoms with E-state index in [4.69, 9.17) is 0 Å². The molecular formula is C20H34O7S3. The van der Waals surface area contributed by atoms with Crippen LogP contribution in [0, 0.1) is 0 Å². The van der Waals surface area contributed by atoms with Gasteiger partial charge in [-0.05, 0) is 32.9 Å². The Bertz CT molecular complexity index is 1010. The predicted molar refractivity (Wildman–Crippen MR) is 119 cm³/mol. The van der Waals surface area contributed by atoms with Crippen LogP contribution >= 0.6 is 0 Å². The molecule has 0 bridgehead atoms. The summed E-state index contributed by atoms with van der Waals surface area (Å²) < 4.78 is 87.6. The molecule has 0 fully saturated rings. The molecule has 0 aliphatic heterocycles. The molecule has 1 rings (SSSR count). The number of hydrogen-bond acceptors (Lipinski definition) is 6. The van der Waals surface area contributed by atoms with Gasteiger partial charge < -0.3 is 0 Å². The number of hydrogen-bond donors (Lipinski definition) is 1. The Morgan fingerprint density at radius 1 is 0.500 bits per heavy atom. The van der Waals surface area contributed by atoms with E-state index in [0.29, 0.717) is 0 Å². The van der Waals surface area contributed by atoms with Crippen LogP contribution in [0.15, 0.2) is 14.7 Å². The van der Waals surface area contributed by atoms with Crippen molar-refractivity contribution >= 4 is 29.8 Å². The van der Waals surface area contributed by atoms with Crippen molar-refractivity contribution < 1.29 is 29.8 Å². The average Bonchev–Trinajstić information content (AvgIpc) is 2.37. The molecule has 0 radical (unpaired) electrons. The first-order valence-corrected chi connectivity index (χ1v) is 14.6. The van der Waals surface area contributed by atoms with Crippen molar-refractivity contribution in [3.05, 3.63) is 16.7 Å². The minimum Gasteiger partial charge on any atom is -0.282 e. The highest BCUT2D eigenvalue weighted by Crippen LogP contribution is 2.49. The third-order valence-electron chi connectivity index (χ3n) is 4.61. The Morgan fingerprint density at radius 3 is 0.833 bits per heavy atom. The Kier molecular flexibility index (Phi) is 6.57. The summed E-state index contributed by atoms with van der Waals surface area (Å²) in [6.45, 7) is 14.8. The van der Waals surface area contributed by atoms with E-state index in [1.807, 2.05) is 0 Å². The largest absolute Gasteiger partial charge is 0.295 e. The van der Waals surface area contributed by atoms with Crippen LogP contribution < -0.4 is 0 Å². The maximum Gasteiger partial charge on any atom is 0.295 e. The van der Waals surface area contributed by atoms with Gasteiger partial charge in [-0.1, -0.05) is 62.3 Å². The van der Waals surface area contributed by atoms with Gasteiger partial charge in [-0.3, -0.25) is 4.55 Å². The van der Waals surface area contributed by atoms with Crippen molar-refractivity contribution in [3.63, 3.8) is 0 Å². The molecule has 0 aromatic heterocycles.